The molecule has 1 saturated heterocycles. The van der Waals surface area contributed by atoms with Crippen molar-refractivity contribution in [2.75, 3.05) is 13.2 Å². The fraction of sp³-hybridized carbons (Fsp3) is 0.300. The summed E-state index contributed by atoms with van der Waals surface area (Å²) in [5.41, 5.74) is 2.44. The first-order valence-corrected chi connectivity index (χ1v) is 9.64. The summed E-state index contributed by atoms with van der Waals surface area (Å²) in [6, 6.07) is 17.3. The number of nitrogens with one attached hydrogen (secondary N) is 1. The summed E-state index contributed by atoms with van der Waals surface area (Å²) >= 11 is 1.33. The van der Waals surface area contributed by atoms with Crippen molar-refractivity contribution < 1.29 is 13.9 Å². The van der Waals surface area contributed by atoms with Gasteiger partial charge in [0.1, 0.15) is 10.8 Å². The van der Waals surface area contributed by atoms with Gasteiger partial charge in [0.15, 0.2) is 5.58 Å². The molecule has 5 nitrogen and oxygen atoms in total. The van der Waals surface area contributed by atoms with Gasteiger partial charge in [0.05, 0.1) is 6.10 Å². The van der Waals surface area contributed by atoms with Gasteiger partial charge >= 0.3 is 0 Å². The predicted molar refractivity (Wildman–Crippen MR) is 101 cm³/mol. The molecule has 26 heavy (non-hydrogen) atoms. The Morgan fingerprint density at radius 2 is 2.00 bits per heavy atom. The van der Waals surface area contributed by atoms with Crippen molar-refractivity contribution in [1.29, 1.82) is 0 Å². The molecule has 1 aromatic heterocycles. The lowest BCUT2D eigenvalue weighted by Gasteiger charge is -2.17. The van der Waals surface area contributed by atoms with Crippen LogP contribution in [0, 0.1) is 0 Å². The Balaban J connectivity index is 1.53. The first-order chi connectivity index (χ1) is 12.8. The van der Waals surface area contributed by atoms with E-state index in [4.69, 9.17) is 9.15 Å². The van der Waals surface area contributed by atoms with Crippen LogP contribution in [0.1, 0.15) is 23.7 Å². The summed E-state index contributed by atoms with van der Waals surface area (Å²) in [5.74, 6) is -0.0565. The zero-order valence-corrected chi connectivity index (χ0v) is 15.1. The highest BCUT2D eigenvalue weighted by Gasteiger charge is 2.26. The first kappa shape index (κ1) is 17.1. The number of fused-ring (bicyclic) bond motifs is 1. The van der Waals surface area contributed by atoms with Gasteiger partial charge in [-0.25, -0.2) is 4.98 Å². The molecule has 2 atom stereocenters. The fourth-order valence-corrected chi connectivity index (χ4v) is 3.99. The van der Waals surface area contributed by atoms with Crippen molar-refractivity contribution in [3.05, 3.63) is 60.2 Å². The molecule has 3 aromatic rings. The molecule has 0 spiro atoms. The molecule has 6 heteroatoms. The molecule has 0 aliphatic carbocycles. The van der Waals surface area contributed by atoms with E-state index in [0.29, 0.717) is 11.8 Å². The van der Waals surface area contributed by atoms with Crippen LogP contribution in [0.2, 0.25) is 0 Å². The van der Waals surface area contributed by atoms with Crippen LogP contribution in [0.4, 0.5) is 0 Å². The van der Waals surface area contributed by atoms with Crippen molar-refractivity contribution >= 4 is 28.8 Å². The van der Waals surface area contributed by atoms with Gasteiger partial charge in [0.2, 0.25) is 5.91 Å². The number of ether oxygens (including phenoxy) is 1. The predicted octanol–water partition coefficient (Wildman–Crippen LogP) is 3.96. The summed E-state index contributed by atoms with van der Waals surface area (Å²) < 4.78 is 11.4. The SMILES string of the molecule is O=C(NCC1CCCO1)C(Sc1nc2ccccc2o1)c1ccccc1. The highest BCUT2D eigenvalue weighted by atomic mass is 32.2. The molecule has 1 aliphatic heterocycles. The summed E-state index contributed by atoms with van der Waals surface area (Å²) in [6.45, 7) is 1.32. The second kappa shape index (κ2) is 7.93. The van der Waals surface area contributed by atoms with Crippen LogP contribution < -0.4 is 5.32 Å². The second-order valence-electron chi connectivity index (χ2n) is 6.24. The second-order valence-corrected chi connectivity index (χ2v) is 7.29. The Morgan fingerprint density at radius 3 is 2.77 bits per heavy atom. The summed E-state index contributed by atoms with van der Waals surface area (Å²) in [5, 5.41) is 3.09. The van der Waals surface area contributed by atoms with Gasteiger partial charge in [0.25, 0.3) is 5.22 Å². The minimum absolute atomic E-state index is 0.0565. The third kappa shape index (κ3) is 3.92. The Kier molecular flexibility index (Phi) is 5.22. The van der Waals surface area contributed by atoms with Crippen molar-refractivity contribution in [2.24, 2.45) is 0 Å². The normalized spacial score (nSPS) is 18.1. The number of para-hydroxylation sites is 2. The molecule has 2 aromatic carbocycles. The molecule has 1 amide bonds. The van der Waals surface area contributed by atoms with E-state index in [1.54, 1.807) is 0 Å². The molecule has 134 valence electrons. The number of oxazole rings is 1. The molecule has 4 rings (SSSR count). The van der Waals surface area contributed by atoms with Crippen molar-refractivity contribution in [2.45, 2.75) is 29.4 Å². The Morgan fingerprint density at radius 1 is 1.19 bits per heavy atom. The van der Waals surface area contributed by atoms with E-state index < -0.39 is 5.25 Å². The molecule has 1 N–H and O–H groups in total. The quantitative estimate of drug-likeness (QED) is 0.667. The van der Waals surface area contributed by atoms with Gasteiger partial charge in [-0.1, -0.05) is 42.5 Å². The molecule has 2 unspecified atom stereocenters. The van der Waals surface area contributed by atoms with Crippen LogP contribution in [-0.2, 0) is 9.53 Å². The van der Waals surface area contributed by atoms with Gasteiger partial charge in [-0.15, -0.1) is 0 Å². The number of thioether (sulfide) groups is 1. The maximum atomic E-state index is 12.9. The molecule has 1 aliphatic rings. The van der Waals surface area contributed by atoms with Gasteiger partial charge < -0.3 is 14.5 Å². The fourth-order valence-electron chi connectivity index (χ4n) is 3.02. The van der Waals surface area contributed by atoms with E-state index in [2.05, 4.69) is 10.3 Å². The highest BCUT2D eigenvalue weighted by Crippen LogP contribution is 2.36. The van der Waals surface area contributed by atoms with E-state index >= 15 is 0 Å². The molecule has 0 radical (unpaired) electrons. The van der Waals surface area contributed by atoms with E-state index in [0.717, 1.165) is 36.1 Å². The standard InChI is InChI=1S/C20H20N2O3S/c23-19(21-13-15-9-6-12-24-15)18(14-7-2-1-3-8-14)26-20-22-16-10-4-5-11-17(16)25-20/h1-5,7-8,10-11,15,18H,6,9,12-13H2,(H,21,23). The molecular formula is C20H20N2O3S. The average Bonchev–Trinajstić information content (AvgIpc) is 3.34. The number of nitrogens with zero attached hydrogens (tertiary/aromatic N) is 1. The smallest absolute Gasteiger partial charge is 0.257 e. The number of carbonyl (C=O) groups is 1. The molecular weight excluding hydrogens is 348 g/mol. The van der Waals surface area contributed by atoms with Gasteiger partial charge in [-0.3, -0.25) is 4.79 Å². The lowest BCUT2D eigenvalue weighted by atomic mass is 10.1. The van der Waals surface area contributed by atoms with Crippen molar-refractivity contribution in [1.82, 2.24) is 10.3 Å². The van der Waals surface area contributed by atoms with Crippen LogP contribution in [-0.4, -0.2) is 30.1 Å². The lowest BCUT2D eigenvalue weighted by molar-refractivity contribution is -0.121. The number of rotatable bonds is 6. The Hall–Kier alpha value is -2.31. The maximum Gasteiger partial charge on any atom is 0.257 e. The van der Waals surface area contributed by atoms with Gasteiger partial charge in [0, 0.05) is 13.2 Å². The number of amides is 1. The molecule has 0 saturated carbocycles. The number of hydrogen-bond donors (Lipinski definition) is 1. The zero-order chi connectivity index (χ0) is 17.8. The van der Waals surface area contributed by atoms with Crippen LogP contribution >= 0.6 is 11.8 Å². The van der Waals surface area contributed by atoms with Gasteiger partial charge in [-0.2, -0.15) is 0 Å². The number of carbonyl (C=O) groups excluding carboxylic acids is 1. The van der Waals surface area contributed by atoms with Crippen molar-refractivity contribution in [3.63, 3.8) is 0 Å². The summed E-state index contributed by atoms with van der Waals surface area (Å²) in [4.78, 5) is 17.4. The van der Waals surface area contributed by atoms with E-state index in [1.165, 1.54) is 11.8 Å². The zero-order valence-electron chi connectivity index (χ0n) is 14.3. The third-order valence-electron chi connectivity index (χ3n) is 4.36. The van der Waals surface area contributed by atoms with Crippen LogP contribution in [0.5, 0.6) is 0 Å². The molecule has 1 fully saturated rings. The third-order valence-corrected chi connectivity index (χ3v) is 5.46. The topological polar surface area (TPSA) is 64.4 Å². The van der Waals surface area contributed by atoms with Crippen LogP contribution in [0.15, 0.2) is 64.2 Å². The molecule has 2 heterocycles. The van der Waals surface area contributed by atoms with Gasteiger partial charge in [-0.05, 0) is 42.3 Å². The number of benzene rings is 2. The first-order valence-electron chi connectivity index (χ1n) is 8.76. The summed E-state index contributed by atoms with van der Waals surface area (Å²) in [7, 11) is 0. The van der Waals surface area contributed by atoms with Crippen LogP contribution in [0.25, 0.3) is 11.1 Å². The number of aromatic nitrogens is 1. The lowest BCUT2D eigenvalue weighted by Crippen LogP contribution is -2.34. The minimum atomic E-state index is -0.425. The summed E-state index contributed by atoms with van der Waals surface area (Å²) in [6.07, 6.45) is 2.17. The monoisotopic (exact) mass is 368 g/mol. The minimum Gasteiger partial charge on any atom is -0.431 e. The number of hydrogen-bond acceptors (Lipinski definition) is 5. The molecule has 0 bridgehead atoms. The largest absolute Gasteiger partial charge is 0.431 e. The van der Waals surface area contributed by atoms with Crippen molar-refractivity contribution in [3.8, 4) is 0 Å². The maximum absolute atomic E-state index is 12.9. The average molecular weight is 368 g/mol. The van der Waals surface area contributed by atoms with E-state index in [-0.39, 0.29) is 12.0 Å². The highest BCUT2D eigenvalue weighted by molar-refractivity contribution is 8.00. The van der Waals surface area contributed by atoms with Crippen LogP contribution in [0.3, 0.4) is 0 Å². The Labute approximate surface area is 156 Å². The Bertz CT molecular complexity index is 842. The van der Waals surface area contributed by atoms with E-state index in [1.807, 2.05) is 54.6 Å². The van der Waals surface area contributed by atoms with E-state index in [9.17, 15) is 4.79 Å².